The lowest BCUT2D eigenvalue weighted by Gasteiger charge is -2.26. The molecule has 5 nitrogen and oxygen atoms in total. The molecule has 2 rings (SSSR count). The van der Waals surface area contributed by atoms with Gasteiger partial charge in [0.05, 0.1) is 11.1 Å². The summed E-state index contributed by atoms with van der Waals surface area (Å²) in [6, 6.07) is 2.08. The van der Waals surface area contributed by atoms with Gasteiger partial charge < -0.3 is 10.6 Å². The van der Waals surface area contributed by atoms with Crippen molar-refractivity contribution in [1.82, 2.24) is 20.4 Å². The Morgan fingerprint density at radius 3 is 2.90 bits per heavy atom. The molecule has 0 saturated carbocycles. The van der Waals surface area contributed by atoms with Crippen LogP contribution in [-0.2, 0) is 11.3 Å². The molecule has 1 unspecified atom stereocenters. The van der Waals surface area contributed by atoms with Gasteiger partial charge in [-0.3, -0.25) is 9.48 Å². The summed E-state index contributed by atoms with van der Waals surface area (Å²) in [6.07, 6.45) is 3.91. The Kier molecular flexibility index (Phi) is 5.39. The molecule has 21 heavy (non-hydrogen) atoms. The van der Waals surface area contributed by atoms with Gasteiger partial charge in [0, 0.05) is 25.3 Å². The summed E-state index contributed by atoms with van der Waals surface area (Å²) >= 11 is 0. The first-order valence-corrected chi connectivity index (χ1v) is 8.07. The maximum atomic E-state index is 12.5. The zero-order valence-corrected chi connectivity index (χ0v) is 13.5. The Morgan fingerprint density at radius 1 is 1.52 bits per heavy atom. The molecule has 1 aliphatic heterocycles. The average Bonchev–Trinajstić information content (AvgIpc) is 3.03. The van der Waals surface area contributed by atoms with Crippen LogP contribution >= 0.6 is 0 Å². The zero-order chi connectivity index (χ0) is 15.3. The fourth-order valence-corrected chi connectivity index (χ4v) is 3.26. The molecule has 0 spiro atoms. The summed E-state index contributed by atoms with van der Waals surface area (Å²) in [7, 11) is 0. The molecule has 1 amide bonds. The SMILES string of the molecule is CCCC1(C(=O)NCCCn2nc(C)cc2C)CCNC1. The zero-order valence-electron chi connectivity index (χ0n) is 13.5. The maximum Gasteiger partial charge on any atom is 0.227 e. The number of amides is 1. The van der Waals surface area contributed by atoms with Crippen LogP contribution in [0.1, 0.15) is 44.0 Å². The van der Waals surface area contributed by atoms with Crippen molar-refractivity contribution >= 4 is 5.91 Å². The van der Waals surface area contributed by atoms with Gasteiger partial charge in [-0.25, -0.2) is 0 Å². The molecule has 1 atom stereocenters. The summed E-state index contributed by atoms with van der Waals surface area (Å²) in [5.41, 5.74) is 2.06. The van der Waals surface area contributed by atoms with E-state index >= 15 is 0 Å². The minimum atomic E-state index is -0.174. The van der Waals surface area contributed by atoms with E-state index in [4.69, 9.17) is 0 Å². The lowest BCUT2D eigenvalue weighted by atomic mass is 9.81. The van der Waals surface area contributed by atoms with E-state index in [-0.39, 0.29) is 11.3 Å². The van der Waals surface area contributed by atoms with Crippen molar-refractivity contribution < 1.29 is 4.79 Å². The van der Waals surface area contributed by atoms with Gasteiger partial charge in [0.2, 0.25) is 5.91 Å². The van der Waals surface area contributed by atoms with Crippen molar-refractivity contribution in [2.45, 2.75) is 53.0 Å². The minimum Gasteiger partial charge on any atom is -0.356 e. The standard InChI is InChI=1S/C16H28N4O/c1-4-6-16(7-9-17-12-16)15(21)18-8-5-10-20-14(3)11-13(2)19-20/h11,17H,4-10,12H2,1-3H3,(H,18,21). The van der Waals surface area contributed by atoms with Gasteiger partial charge in [0.1, 0.15) is 0 Å². The van der Waals surface area contributed by atoms with Crippen LogP contribution in [0.2, 0.25) is 0 Å². The largest absolute Gasteiger partial charge is 0.356 e. The second kappa shape index (κ2) is 7.07. The van der Waals surface area contributed by atoms with Gasteiger partial charge in [-0.1, -0.05) is 13.3 Å². The van der Waals surface area contributed by atoms with Crippen LogP contribution in [0, 0.1) is 19.3 Å². The van der Waals surface area contributed by atoms with Crippen LogP contribution < -0.4 is 10.6 Å². The molecular weight excluding hydrogens is 264 g/mol. The molecule has 118 valence electrons. The number of carbonyl (C=O) groups excluding carboxylic acids is 1. The van der Waals surface area contributed by atoms with Crippen molar-refractivity contribution in [2.75, 3.05) is 19.6 Å². The molecule has 5 heteroatoms. The van der Waals surface area contributed by atoms with E-state index in [1.165, 1.54) is 5.69 Å². The Balaban J connectivity index is 1.77. The third kappa shape index (κ3) is 3.84. The third-order valence-corrected chi connectivity index (χ3v) is 4.39. The maximum absolute atomic E-state index is 12.5. The van der Waals surface area contributed by atoms with Crippen molar-refractivity contribution in [1.29, 1.82) is 0 Å². The minimum absolute atomic E-state index is 0.174. The highest BCUT2D eigenvalue weighted by molar-refractivity contribution is 5.83. The summed E-state index contributed by atoms with van der Waals surface area (Å²) in [4.78, 5) is 12.5. The number of aryl methyl sites for hydroxylation is 3. The molecule has 1 aromatic rings. The van der Waals surface area contributed by atoms with E-state index < -0.39 is 0 Å². The van der Waals surface area contributed by atoms with Crippen molar-refractivity contribution in [3.8, 4) is 0 Å². The first kappa shape index (κ1) is 16.0. The van der Waals surface area contributed by atoms with Crippen LogP contribution in [0.3, 0.4) is 0 Å². The van der Waals surface area contributed by atoms with E-state index in [9.17, 15) is 4.79 Å². The second-order valence-corrected chi connectivity index (χ2v) is 6.22. The summed E-state index contributed by atoms with van der Waals surface area (Å²) in [5, 5.41) is 10.9. The van der Waals surface area contributed by atoms with Crippen LogP contribution in [0.15, 0.2) is 6.07 Å². The van der Waals surface area contributed by atoms with Crippen LogP contribution in [0.25, 0.3) is 0 Å². The predicted molar refractivity (Wildman–Crippen MR) is 84.2 cm³/mol. The predicted octanol–water partition coefficient (Wildman–Crippen LogP) is 1.79. The monoisotopic (exact) mass is 292 g/mol. The Hall–Kier alpha value is -1.36. The van der Waals surface area contributed by atoms with Crippen molar-refractivity contribution in [3.05, 3.63) is 17.5 Å². The average molecular weight is 292 g/mol. The number of rotatable bonds is 7. The van der Waals surface area contributed by atoms with Gasteiger partial charge >= 0.3 is 0 Å². The quantitative estimate of drug-likeness (QED) is 0.753. The van der Waals surface area contributed by atoms with Gasteiger partial charge in [-0.15, -0.1) is 0 Å². The molecule has 0 aliphatic carbocycles. The summed E-state index contributed by atoms with van der Waals surface area (Å²) in [5.74, 6) is 0.225. The smallest absolute Gasteiger partial charge is 0.227 e. The molecular formula is C16H28N4O. The number of nitrogens with one attached hydrogen (secondary N) is 2. The van der Waals surface area contributed by atoms with E-state index in [1.54, 1.807) is 0 Å². The Labute approximate surface area is 127 Å². The number of nitrogens with zero attached hydrogens (tertiary/aromatic N) is 2. The third-order valence-electron chi connectivity index (χ3n) is 4.39. The molecule has 2 heterocycles. The fraction of sp³-hybridized carbons (Fsp3) is 0.750. The molecule has 0 radical (unpaired) electrons. The normalized spacial score (nSPS) is 21.7. The number of hydrogen-bond donors (Lipinski definition) is 2. The Bertz CT molecular complexity index is 475. The molecule has 1 aromatic heterocycles. The second-order valence-electron chi connectivity index (χ2n) is 6.22. The highest BCUT2D eigenvalue weighted by atomic mass is 16.2. The van der Waals surface area contributed by atoms with E-state index in [0.29, 0.717) is 0 Å². The summed E-state index contributed by atoms with van der Waals surface area (Å²) in [6.45, 7) is 9.59. The first-order valence-electron chi connectivity index (χ1n) is 8.07. The van der Waals surface area contributed by atoms with E-state index in [0.717, 1.165) is 57.6 Å². The van der Waals surface area contributed by atoms with Crippen LogP contribution in [0.5, 0.6) is 0 Å². The lowest BCUT2D eigenvalue weighted by molar-refractivity contribution is -0.130. The van der Waals surface area contributed by atoms with Crippen molar-refractivity contribution in [2.24, 2.45) is 5.41 Å². The molecule has 1 fully saturated rings. The van der Waals surface area contributed by atoms with E-state index in [2.05, 4.69) is 35.6 Å². The van der Waals surface area contributed by atoms with E-state index in [1.807, 2.05) is 11.6 Å². The van der Waals surface area contributed by atoms with Crippen LogP contribution in [-0.4, -0.2) is 35.3 Å². The highest BCUT2D eigenvalue weighted by Crippen LogP contribution is 2.31. The van der Waals surface area contributed by atoms with Gasteiger partial charge in [-0.2, -0.15) is 5.10 Å². The van der Waals surface area contributed by atoms with Gasteiger partial charge in [0.15, 0.2) is 0 Å². The summed E-state index contributed by atoms with van der Waals surface area (Å²) < 4.78 is 2.01. The first-order chi connectivity index (χ1) is 10.1. The number of carbonyl (C=O) groups is 1. The lowest BCUT2D eigenvalue weighted by Crippen LogP contribution is -2.43. The number of hydrogen-bond acceptors (Lipinski definition) is 3. The molecule has 2 N–H and O–H groups in total. The fourth-order valence-electron chi connectivity index (χ4n) is 3.26. The Morgan fingerprint density at radius 2 is 2.33 bits per heavy atom. The number of aromatic nitrogens is 2. The topological polar surface area (TPSA) is 59.0 Å². The highest BCUT2D eigenvalue weighted by Gasteiger charge is 2.39. The molecule has 0 aromatic carbocycles. The molecule has 1 aliphatic rings. The molecule has 1 saturated heterocycles. The van der Waals surface area contributed by atoms with Crippen LogP contribution in [0.4, 0.5) is 0 Å². The van der Waals surface area contributed by atoms with Crippen molar-refractivity contribution in [3.63, 3.8) is 0 Å². The van der Waals surface area contributed by atoms with Gasteiger partial charge in [0.25, 0.3) is 0 Å². The molecule has 0 bridgehead atoms. The van der Waals surface area contributed by atoms with Gasteiger partial charge in [-0.05, 0) is 45.7 Å².